The fourth-order valence-electron chi connectivity index (χ4n) is 3.61. The molecule has 2 aliphatic heterocycles. The number of allylic oxidation sites excluding steroid dienone is 1. The molecule has 2 bridgehead atoms. The van der Waals surface area contributed by atoms with Crippen molar-refractivity contribution in [3.63, 3.8) is 0 Å². The number of hydrogen-bond acceptors (Lipinski definition) is 3. The van der Waals surface area contributed by atoms with E-state index in [1.807, 2.05) is 30.5 Å². The Hall–Kier alpha value is -1.68. The number of nitrogens with zero attached hydrogens (tertiary/aromatic N) is 1. The predicted octanol–water partition coefficient (Wildman–Crippen LogP) is 3.36. The van der Waals surface area contributed by atoms with Crippen molar-refractivity contribution in [3.8, 4) is 0 Å². The Morgan fingerprint density at radius 1 is 1.10 bits per heavy atom. The lowest BCUT2D eigenvalue weighted by Gasteiger charge is -2.33. The summed E-state index contributed by atoms with van der Waals surface area (Å²) in [5.74, 6) is 0. The van der Waals surface area contributed by atoms with Crippen LogP contribution in [0.3, 0.4) is 0 Å². The van der Waals surface area contributed by atoms with Gasteiger partial charge in [0.1, 0.15) is 0 Å². The SMILES string of the molecule is O=S1(=O)C2C=C(c3nccc4ccccc34)CC1CCC2. The lowest BCUT2D eigenvalue weighted by Crippen LogP contribution is -2.38. The van der Waals surface area contributed by atoms with Gasteiger partial charge in [0.2, 0.25) is 0 Å². The van der Waals surface area contributed by atoms with Crippen LogP contribution in [0.1, 0.15) is 31.4 Å². The van der Waals surface area contributed by atoms with Crippen LogP contribution in [0.25, 0.3) is 16.3 Å². The topological polar surface area (TPSA) is 47.0 Å². The molecule has 0 N–H and O–H groups in total. The van der Waals surface area contributed by atoms with Crippen LogP contribution in [-0.4, -0.2) is 23.9 Å². The van der Waals surface area contributed by atoms with Crippen LogP contribution in [0.2, 0.25) is 0 Å². The van der Waals surface area contributed by atoms with Crippen LogP contribution >= 0.6 is 0 Å². The number of rotatable bonds is 1. The van der Waals surface area contributed by atoms with Crippen LogP contribution < -0.4 is 0 Å². The highest BCUT2D eigenvalue weighted by atomic mass is 32.2. The first-order valence-corrected chi connectivity index (χ1v) is 9.05. The number of aromatic nitrogens is 1. The van der Waals surface area contributed by atoms with Gasteiger partial charge in [-0.15, -0.1) is 0 Å². The summed E-state index contributed by atoms with van der Waals surface area (Å²) in [6, 6.07) is 10.2. The molecule has 3 nitrogen and oxygen atoms in total. The Balaban J connectivity index is 1.89. The molecule has 4 rings (SSSR count). The maximum absolute atomic E-state index is 12.4. The molecule has 3 heterocycles. The zero-order chi connectivity index (χ0) is 14.4. The lowest BCUT2D eigenvalue weighted by molar-refractivity contribution is 0.518. The van der Waals surface area contributed by atoms with Gasteiger partial charge in [-0.05, 0) is 36.3 Å². The van der Waals surface area contributed by atoms with Crippen LogP contribution in [-0.2, 0) is 9.84 Å². The van der Waals surface area contributed by atoms with Gasteiger partial charge in [0.05, 0.1) is 16.2 Å². The van der Waals surface area contributed by atoms with E-state index in [0.29, 0.717) is 6.42 Å². The molecule has 108 valence electrons. The number of fused-ring (bicyclic) bond motifs is 3. The maximum Gasteiger partial charge on any atom is 0.159 e. The zero-order valence-electron chi connectivity index (χ0n) is 11.7. The molecular weight excluding hydrogens is 282 g/mol. The predicted molar refractivity (Wildman–Crippen MR) is 84.7 cm³/mol. The summed E-state index contributed by atoms with van der Waals surface area (Å²) < 4.78 is 24.7. The molecule has 0 amide bonds. The molecule has 1 saturated heterocycles. The summed E-state index contributed by atoms with van der Waals surface area (Å²) in [5, 5.41) is 1.75. The highest BCUT2D eigenvalue weighted by Crippen LogP contribution is 2.40. The molecule has 1 fully saturated rings. The van der Waals surface area contributed by atoms with Crippen LogP contribution in [0.15, 0.2) is 42.6 Å². The van der Waals surface area contributed by atoms with Crippen molar-refractivity contribution in [2.75, 3.05) is 0 Å². The summed E-state index contributed by atoms with van der Waals surface area (Å²) in [6.07, 6.45) is 6.95. The van der Waals surface area contributed by atoms with Gasteiger partial charge in [-0.3, -0.25) is 4.98 Å². The Kier molecular flexibility index (Phi) is 2.89. The standard InChI is InChI=1S/C17H17NO2S/c19-21(20)14-5-3-6-15(21)11-13(10-14)17-16-7-2-1-4-12(16)8-9-18-17/h1-2,4,7-10,14-15H,3,5-6,11H2. The average molecular weight is 299 g/mol. The number of benzene rings is 1. The zero-order valence-corrected chi connectivity index (χ0v) is 12.5. The molecule has 21 heavy (non-hydrogen) atoms. The smallest absolute Gasteiger partial charge is 0.159 e. The van der Waals surface area contributed by atoms with Crippen LogP contribution in [0.5, 0.6) is 0 Å². The quantitative estimate of drug-likeness (QED) is 0.811. The molecule has 2 atom stereocenters. The maximum atomic E-state index is 12.4. The van der Waals surface area contributed by atoms with Crippen molar-refractivity contribution in [3.05, 3.63) is 48.3 Å². The van der Waals surface area contributed by atoms with Crippen molar-refractivity contribution < 1.29 is 8.42 Å². The molecule has 0 radical (unpaired) electrons. The van der Waals surface area contributed by atoms with Gasteiger partial charge < -0.3 is 0 Å². The van der Waals surface area contributed by atoms with E-state index in [1.54, 1.807) is 0 Å². The van der Waals surface area contributed by atoms with E-state index in [-0.39, 0.29) is 10.5 Å². The number of pyridine rings is 1. The molecule has 0 spiro atoms. The second-order valence-corrected chi connectivity index (χ2v) is 8.41. The van der Waals surface area contributed by atoms with Crippen molar-refractivity contribution in [2.24, 2.45) is 0 Å². The molecule has 0 saturated carbocycles. The highest BCUT2D eigenvalue weighted by molar-refractivity contribution is 7.93. The van der Waals surface area contributed by atoms with E-state index in [9.17, 15) is 8.42 Å². The van der Waals surface area contributed by atoms with E-state index in [0.717, 1.165) is 41.3 Å². The van der Waals surface area contributed by atoms with E-state index in [4.69, 9.17) is 0 Å². The summed E-state index contributed by atoms with van der Waals surface area (Å²) >= 11 is 0. The van der Waals surface area contributed by atoms with Crippen LogP contribution in [0.4, 0.5) is 0 Å². The third-order valence-electron chi connectivity index (χ3n) is 4.71. The number of hydrogen-bond donors (Lipinski definition) is 0. The molecule has 1 aromatic heterocycles. The molecule has 2 unspecified atom stereocenters. The van der Waals surface area contributed by atoms with Crippen molar-refractivity contribution in [2.45, 2.75) is 36.2 Å². The van der Waals surface area contributed by atoms with E-state index in [1.165, 1.54) is 0 Å². The fourth-order valence-corrected chi connectivity index (χ4v) is 5.86. The minimum Gasteiger partial charge on any atom is -0.256 e. The number of sulfone groups is 1. The minimum atomic E-state index is -2.96. The van der Waals surface area contributed by atoms with Crippen molar-refractivity contribution in [1.82, 2.24) is 4.98 Å². The Morgan fingerprint density at radius 2 is 1.95 bits per heavy atom. The first-order chi connectivity index (χ1) is 10.2. The van der Waals surface area contributed by atoms with Crippen molar-refractivity contribution in [1.29, 1.82) is 0 Å². The first kappa shape index (κ1) is 13.0. The van der Waals surface area contributed by atoms with Gasteiger partial charge in [0.25, 0.3) is 0 Å². The van der Waals surface area contributed by atoms with Gasteiger partial charge >= 0.3 is 0 Å². The molecule has 0 aliphatic carbocycles. The normalized spacial score (nSPS) is 27.3. The van der Waals surface area contributed by atoms with E-state index >= 15 is 0 Å². The summed E-state index contributed by atoms with van der Waals surface area (Å²) in [4.78, 5) is 4.54. The van der Waals surface area contributed by atoms with E-state index < -0.39 is 9.84 Å². The summed E-state index contributed by atoms with van der Waals surface area (Å²) in [7, 11) is -2.96. The van der Waals surface area contributed by atoms with Crippen molar-refractivity contribution >= 4 is 26.2 Å². The molecule has 2 aliphatic rings. The first-order valence-electron chi connectivity index (χ1n) is 7.44. The van der Waals surface area contributed by atoms with Gasteiger partial charge in [0, 0.05) is 11.6 Å². The van der Waals surface area contributed by atoms with Gasteiger partial charge in [-0.1, -0.05) is 36.8 Å². The largest absolute Gasteiger partial charge is 0.256 e. The molecule has 1 aromatic carbocycles. The van der Waals surface area contributed by atoms with Gasteiger partial charge in [0.15, 0.2) is 9.84 Å². The Bertz CT molecular complexity index is 833. The van der Waals surface area contributed by atoms with Gasteiger partial charge in [-0.2, -0.15) is 0 Å². The second kappa shape index (κ2) is 4.67. The monoisotopic (exact) mass is 299 g/mol. The van der Waals surface area contributed by atoms with E-state index in [2.05, 4.69) is 17.1 Å². The molecule has 4 heteroatoms. The highest BCUT2D eigenvalue weighted by Gasteiger charge is 2.40. The molecular formula is C17H17NO2S. The third-order valence-corrected chi connectivity index (χ3v) is 7.26. The van der Waals surface area contributed by atoms with Gasteiger partial charge in [-0.25, -0.2) is 8.42 Å². The average Bonchev–Trinajstić information content (AvgIpc) is 2.46. The summed E-state index contributed by atoms with van der Waals surface area (Å²) in [6.45, 7) is 0. The Morgan fingerprint density at radius 3 is 2.81 bits per heavy atom. The third kappa shape index (κ3) is 2.01. The lowest BCUT2D eigenvalue weighted by atomic mass is 9.94. The van der Waals surface area contributed by atoms with Crippen LogP contribution in [0, 0.1) is 0 Å². The Labute approximate surface area is 124 Å². The second-order valence-electron chi connectivity index (χ2n) is 5.96. The molecule has 2 aromatic rings. The summed E-state index contributed by atoms with van der Waals surface area (Å²) in [5.41, 5.74) is 2.07. The minimum absolute atomic E-state index is 0.211. The fraction of sp³-hybridized carbons (Fsp3) is 0.353.